The molecule has 32 heavy (non-hydrogen) atoms. The third-order valence-electron chi connectivity index (χ3n) is 4.97. The van der Waals surface area contributed by atoms with Crippen LogP contribution in [0.3, 0.4) is 0 Å². The number of hydrogen-bond acceptors (Lipinski definition) is 6. The molecule has 1 aliphatic heterocycles. The molecule has 8 nitrogen and oxygen atoms in total. The van der Waals surface area contributed by atoms with E-state index in [1.165, 1.54) is 0 Å². The predicted molar refractivity (Wildman–Crippen MR) is 106 cm³/mol. The maximum Gasteiger partial charge on any atom is 0.490 e. The van der Waals surface area contributed by atoms with Gasteiger partial charge < -0.3 is 14.4 Å². The Kier molecular flexibility index (Phi) is 5.33. The summed E-state index contributed by atoms with van der Waals surface area (Å²) < 4.78 is 45.3. The number of hydrogen-bond donors (Lipinski definition) is 1. The van der Waals surface area contributed by atoms with E-state index in [9.17, 15) is 13.2 Å². The Morgan fingerprint density at radius 2 is 1.97 bits per heavy atom. The predicted octanol–water partition coefficient (Wildman–Crippen LogP) is 4.32. The minimum absolute atomic E-state index is 0.0360. The average Bonchev–Trinajstić information content (AvgIpc) is 3.34. The first kappa shape index (κ1) is 21.3. The maximum atomic E-state index is 10.6. The third kappa shape index (κ3) is 3.77. The first-order valence-electron chi connectivity index (χ1n) is 9.45. The molecule has 11 heteroatoms. The van der Waals surface area contributed by atoms with Gasteiger partial charge in [-0.05, 0) is 32.0 Å². The van der Waals surface area contributed by atoms with Crippen molar-refractivity contribution in [1.29, 1.82) is 0 Å². The molecule has 1 atom stereocenters. The summed E-state index contributed by atoms with van der Waals surface area (Å²) in [6, 6.07) is 9.98. The number of carboxylic acid groups (broad SMARTS) is 1. The quantitative estimate of drug-likeness (QED) is 0.489. The number of aliphatic carboxylic acids is 1. The van der Waals surface area contributed by atoms with Crippen LogP contribution in [0.25, 0.3) is 22.0 Å². The molecule has 0 saturated carbocycles. The second kappa shape index (κ2) is 7.98. The van der Waals surface area contributed by atoms with E-state index in [1.807, 2.05) is 42.9 Å². The molecule has 1 N–H and O–H groups in total. The summed E-state index contributed by atoms with van der Waals surface area (Å²) >= 11 is 0. The highest BCUT2D eigenvalue weighted by Crippen LogP contribution is 2.43. The van der Waals surface area contributed by atoms with Gasteiger partial charge in [0, 0.05) is 17.1 Å². The van der Waals surface area contributed by atoms with Crippen molar-refractivity contribution in [1.82, 2.24) is 19.9 Å². The first-order chi connectivity index (χ1) is 15.2. The van der Waals surface area contributed by atoms with Crippen LogP contribution in [-0.2, 0) is 4.79 Å². The minimum atomic E-state index is -5.08. The van der Waals surface area contributed by atoms with Gasteiger partial charge in [-0.25, -0.2) is 9.48 Å². The molecule has 4 heterocycles. The van der Waals surface area contributed by atoms with Crippen LogP contribution in [-0.4, -0.2) is 43.8 Å². The van der Waals surface area contributed by atoms with Crippen LogP contribution >= 0.6 is 0 Å². The summed E-state index contributed by atoms with van der Waals surface area (Å²) in [6.45, 7) is 4.35. The molecule has 166 valence electrons. The van der Waals surface area contributed by atoms with Gasteiger partial charge in [0.2, 0.25) is 0 Å². The molecule has 1 aliphatic rings. The number of aromatic nitrogens is 4. The van der Waals surface area contributed by atoms with Gasteiger partial charge in [0.05, 0.1) is 23.1 Å². The van der Waals surface area contributed by atoms with Crippen molar-refractivity contribution in [2.24, 2.45) is 0 Å². The van der Waals surface area contributed by atoms with Gasteiger partial charge >= 0.3 is 12.1 Å². The smallest absolute Gasteiger partial charge is 0.488 e. The fourth-order valence-electron chi connectivity index (χ4n) is 3.57. The zero-order chi connectivity index (χ0) is 23.0. The lowest BCUT2D eigenvalue weighted by Crippen LogP contribution is -2.25. The second-order valence-electron chi connectivity index (χ2n) is 7.05. The fourth-order valence-corrected chi connectivity index (χ4v) is 3.57. The Bertz CT molecular complexity index is 1260. The SMILES string of the molecule is Cc1noc(C)c1-c1ccc2cnn3c2c1OCC3c1ccccn1.O=C(O)C(F)(F)F. The highest BCUT2D eigenvalue weighted by molar-refractivity contribution is 5.93. The monoisotopic (exact) mass is 446 g/mol. The number of ether oxygens (including phenoxy) is 1. The number of nitrogens with zero attached hydrogens (tertiary/aromatic N) is 4. The van der Waals surface area contributed by atoms with Crippen molar-refractivity contribution in [2.75, 3.05) is 6.61 Å². The van der Waals surface area contributed by atoms with Crippen LogP contribution in [0.1, 0.15) is 23.2 Å². The van der Waals surface area contributed by atoms with E-state index in [4.69, 9.17) is 19.2 Å². The van der Waals surface area contributed by atoms with E-state index in [0.717, 1.165) is 44.9 Å². The van der Waals surface area contributed by atoms with E-state index >= 15 is 0 Å². The van der Waals surface area contributed by atoms with Crippen molar-refractivity contribution >= 4 is 16.9 Å². The molecule has 5 rings (SSSR count). The van der Waals surface area contributed by atoms with Gasteiger partial charge in [-0.3, -0.25) is 4.98 Å². The van der Waals surface area contributed by atoms with Crippen LogP contribution in [0.5, 0.6) is 5.75 Å². The van der Waals surface area contributed by atoms with Gasteiger partial charge in [0.15, 0.2) is 5.75 Å². The third-order valence-corrected chi connectivity index (χ3v) is 4.97. The van der Waals surface area contributed by atoms with Crippen LogP contribution < -0.4 is 4.74 Å². The lowest BCUT2D eigenvalue weighted by Gasteiger charge is -2.26. The van der Waals surface area contributed by atoms with Crippen molar-refractivity contribution < 1.29 is 32.3 Å². The molecule has 1 aromatic carbocycles. The lowest BCUT2D eigenvalue weighted by molar-refractivity contribution is -0.192. The summed E-state index contributed by atoms with van der Waals surface area (Å²) in [5, 5.41) is 16.9. The highest BCUT2D eigenvalue weighted by Gasteiger charge is 2.38. The first-order valence-corrected chi connectivity index (χ1v) is 9.45. The Morgan fingerprint density at radius 1 is 1.22 bits per heavy atom. The van der Waals surface area contributed by atoms with Gasteiger partial charge in [-0.2, -0.15) is 18.3 Å². The Morgan fingerprint density at radius 3 is 2.56 bits per heavy atom. The van der Waals surface area contributed by atoms with E-state index < -0.39 is 12.1 Å². The molecule has 0 fully saturated rings. The minimum Gasteiger partial charge on any atom is -0.488 e. The van der Waals surface area contributed by atoms with E-state index in [0.29, 0.717) is 6.61 Å². The maximum absolute atomic E-state index is 10.6. The number of benzene rings is 1. The normalized spacial score (nSPS) is 15.1. The van der Waals surface area contributed by atoms with Gasteiger partial charge in [-0.15, -0.1) is 0 Å². The van der Waals surface area contributed by atoms with Crippen molar-refractivity contribution in [3.05, 3.63) is 59.9 Å². The topological polar surface area (TPSA) is 103 Å². The summed E-state index contributed by atoms with van der Waals surface area (Å²) in [4.78, 5) is 13.4. The zero-order valence-corrected chi connectivity index (χ0v) is 16.9. The van der Waals surface area contributed by atoms with Crippen molar-refractivity contribution in [3.63, 3.8) is 0 Å². The summed E-state index contributed by atoms with van der Waals surface area (Å²) in [5.74, 6) is -1.14. The summed E-state index contributed by atoms with van der Waals surface area (Å²) in [6.07, 6.45) is -1.41. The average molecular weight is 446 g/mol. The van der Waals surface area contributed by atoms with Crippen molar-refractivity contribution in [3.8, 4) is 16.9 Å². The van der Waals surface area contributed by atoms with Crippen LogP contribution in [0.15, 0.2) is 47.2 Å². The number of halogens is 3. The number of pyridine rings is 1. The fraction of sp³-hybridized carbons (Fsp3) is 0.238. The summed E-state index contributed by atoms with van der Waals surface area (Å²) in [5.41, 5.74) is 4.76. The molecule has 0 amide bonds. The van der Waals surface area contributed by atoms with Crippen LogP contribution in [0.2, 0.25) is 0 Å². The molecule has 4 aromatic rings. The molecule has 3 aromatic heterocycles. The number of alkyl halides is 3. The number of rotatable bonds is 2. The molecule has 0 spiro atoms. The molecule has 0 aliphatic carbocycles. The number of carboxylic acids is 1. The molecular formula is C21H17F3N4O4. The largest absolute Gasteiger partial charge is 0.490 e. The highest BCUT2D eigenvalue weighted by atomic mass is 19.4. The Balaban J connectivity index is 0.000000307. The number of carbonyl (C=O) groups is 1. The molecule has 0 radical (unpaired) electrons. The standard InChI is InChI=1S/C19H16N4O2.C2HF3O2/c1-11-17(12(2)25-22-11)14-7-6-13-9-21-23-16(10-24-19(14)18(13)23)15-5-3-4-8-20-15;3-2(4,5)1(6)7/h3-9,16H,10H2,1-2H3;(H,6,7). The van der Waals surface area contributed by atoms with E-state index in [1.54, 1.807) is 6.20 Å². The molecule has 0 bridgehead atoms. The Labute approximate surface area is 179 Å². The summed E-state index contributed by atoms with van der Waals surface area (Å²) in [7, 11) is 0. The molecular weight excluding hydrogens is 429 g/mol. The second-order valence-corrected chi connectivity index (χ2v) is 7.05. The van der Waals surface area contributed by atoms with Crippen molar-refractivity contribution in [2.45, 2.75) is 26.1 Å². The van der Waals surface area contributed by atoms with E-state index in [2.05, 4.69) is 27.4 Å². The van der Waals surface area contributed by atoms with Gasteiger partial charge in [0.1, 0.15) is 23.9 Å². The number of aryl methyl sites for hydroxylation is 2. The molecule has 1 unspecified atom stereocenters. The van der Waals surface area contributed by atoms with E-state index in [-0.39, 0.29) is 6.04 Å². The van der Waals surface area contributed by atoms with Gasteiger partial charge in [0.25, 0.3) is 0 Å². The molecule has 0 saturated heterocycles. The lowest BCUT2D eigenvalue weighted by atomic mass is 10.0. The van der Waals surface area contributed by atoms with Crippen LogP contribution in [0.4, 0.5) is 13.2 Å². The Hall–Kier alpha value is -3.89. The zero-order valence-electron chi connectivity index (χ0n) is 16.9. The van der Waals surface area contributed by atoms with Gasteiger partial charge in [-0.1, -0.05) is 17.3 Å². The van der Waals surface area contributed by atoms with Crippen LogP contribution in [0, 0.1) is 13.8 Å².